The largest absolute Gasteiger partial charge is 0.353 e. The van der Waals surface area contributed by atoms with Gasteiger partial charge in [0.1, 0.15) is 6.04 Å². The van der Waals surface area contributed by atoms with Crippen molar-refractivity contribution < 1.29 is 14.4 Å². The van der Waals surface area contributed by atoms with Gasteiger partial charge in [0.05, 0.1) is 11.4 Å². The summed E-state index contributed by atoms with van der Waals surface area (Å²) in [6, 6.07) is 3.05. The van der Waals surface area contributed by atoms with Crippen molar-refractivity contribution in [3.8, 4) is 0 Å². The average molecular weight is 295 g/mol. The molecule has 1 atom stereocenters. The SMILES string of the molecule is CCC1C(=O)NCCN1C(=O)CNC(=O)c1cccs1. The number of carbonyl (C=O) groups excluding carboxylic acids is 3. The molecule has 7 heteroatoms. The summed E-state index contributed by atoms with van der Waals surface area (Å²) in [5, 5.41) is 7.13. The molecular formula is C13H17N3O3S. The maximum absolute atomic E-state index is 12.1. The van der Waals surface area contributed by atoms with Crippen LogP contribution in [0.15, 0.2) is 17.5 Å². The first-order chi connectivity index (χ1) is 9.63. The number of amides is 3. The zero-order chi connectivity index (χ0) is 14.5. The summed E-state index contributed by atoms with van der Waals surface area (Å²) in [6.07, 6.45) is 0.566. The van der Waals surface area contributed by atoms with E-state index >= 15 is 0 Å². The van der Waals surface area contributed by atoms with E-state index in [9.17, 15) is 14.4 Å². The molecule has 1 unspecified atom stereocenters. The minimum absolute atomic E-state index is 0.0828. The zero-order valence-electron chi connectivity index (χ0n) is 11.2. The highest BCUT2D eigenvalue weighted by atomic mass is 32.1. The van der Waals surface area contributed by atoms with E-state index < -0.39 is 6.04 Å². The maximum Gasteiger partial charge on any atom is 0.261 e. The Morgan fingerprint density at radius 3 is 3.00 bits per heavy atom. The highest BCUT2D eigenvalue weighted by Gasteiger charge is 2.31. The van der Waals surface area contributed by atoms with Crippen molar-refractivity contribution >= 4 is 29.1 Å². The molecule has 0 aliphatic carbocycles. The van der Waals surface area contributed by atoms with Gasteiger partial charge in [-0.3, -0.25) is 14.4 Å². The molecule has 0 saturated carbocycles. The topological polar surface area (TPSA) is 78.5 Å². The van der Waals surface area contributed by atoms with E-state index in [4.69, 9.17) is 0 Å². The van der Waals surface area contributed by atoms with Gasteiger partial charge in [-0.2, -0.15) is 0 Å². The van der Waals surface area contributed by atoms with E-state index in [1.165, 1.54) is 16.2 Å². The molecule has 0 bridgehead atoms. The normalized spacial score (nSPS) is 18.6. The number of piperazine rings is 1. The zero-order valence-corrected chi connectivity index (χ0v) is 12.0. The van der Waals surface area contributed by atoms with Crippen LogP contribution in [-0.2, 0) is 9.59 Å². The molecule has 1 aromatic rings. The van der Waals surface area contributed by atoms with Crippen molar-refractivity contribution in [2.75, 3.05) is 19.6 Å². The lowest BCUT2D eigenvalue weighted by Crippen LogP contribution is -2.58. The Morgan fingerprint density at radius 2 is 2.35 bits per heavy atom. The first-order valence-corrected chi connectivity index (χ1v) is 7.40. The molecule has 2 heterocycles. The molecule has 6 nitrogen and oxygen atoms in total. The third-order valence-corrected chi connectivity index (χ3v) is 4.05. The standard InChI is InChI=1S/C13H17N3O3S/c1-2-9-12(18)14-5-6-16(9)11(17)8-15-13(19)10-4-3-7-20-10/h3-4,7,9H,2,5-6,8H2,1H3,(H,14,18)(H,15,19). The van der Waals surface area contributed by atoms with Gasteiger partial charge in [-0.05, 0) is 17.9 Å². The Labute approximate surface area is 121 Å². The molecule has 1 saturated heterocycles. The summed E-state index contributed by atoms with van der Waals surface area (Å²) in [7, 11) is 0. The van der Waals surface area contributed by atoms with Crippen LogP contribution in [0.5, 0.6) is 0 Å². The number of carbonyl (C=O) groups is 3. The molecule has 3 amide bonds. The summed E-state index contributed by atoms with van der Waals surface area (Å²) in [5.74, 6) is -0.615. The number of hydrogen-bond acceptors (Lipinski definition) is 4. The van der Waals surface area contributed by atoms with E-state index in [-0.39, 0.29) is 24.3 Å². The van der Waals surface area contributed by atoms with Gasteiger partial charge in [-0.25, -0.2) is 0 Å². The van der Waals surface area contributed by atoms with Gasteiger partial charge in [0.2, 0.25) is 11.8 Å². The number of thiophene rings is 1. The molecule has 0 spiro atoms. The monoisotopic (exact) mass is 295 g/mol. The van der Waals surface area contributed by atoms with Gasteiger partial charge in [0, 0.05) is 13.1 Å². The molecule has 1 aliphatic rings. The van der Waals surface area contributed by atoms with Gasteiger partial charge in [-0.15, -0.1) is 11.3 Å². The van der Waals surface area contributed by atoms with E-state index in [1.807, 2.05) is 6.92 Å². The lowest BCUT2D eigenvalue weighted by molar-refractivity contribution is -0.142. The molecular weight excluding hydrogens is 278 g/mol. The third kappa shape index (κ3) is 3.16. The Bertz CT molecular complexity index is 501. The summed E-state index contributed by atoms with van der Waals surface area (Å²) < 4.78 is 0. The summed E-state index contributed by atoms with van der Waals surface area (Å²) in [4.78, 5) is 37.7. The predicted molar refractivity (Wildman–Crippen MR) is 75.5 cm³/mol. The molecule has 2 N–H and O–H groups in total. The fraction of sp³-hybridized carbons (Fsp3) is 0.462. The van der Waals surface area contributed by atoms with Gasteiger partial charge < -0.3 is 15.5 Å². The van der Waals surface area contributed by atoms with Crippen LogP contribution in [0.25, 0.3) is 0 Å². The van der Waals surface area contributed by atoms with Crippen LogP contribution in [0.1, 0.15) is 23.0 Å². The lowest BCUT2D eigenvalue weighted by Gasteiger charge is -2.34. The van der Waals surface area contributed by atoms with E-state index in [2.05, 4.69) is 10.6 Å². The molecule has 0 aromatic carbocycles. The van der Waals surface area contributed by atoms with E-state index in [0.717, 1.165) is 0 Å². The van der Waals surface area contributed by atoms with Crippen LogP contribution < -0.4 is 10.6 Å². The fourth-order valence-corrected chi connectivity index (χ4v) is 2.81. The second-order valence-electron chi connectivity index (χ2n) is 4.46. The number of nitrogens with zero attached hydrogens (tertiary/aromatic N) is 1. The second-order valence-corrected chi connectivity index (χ2v) is 5.41. The predicted octanol–water partition coefficient (Wildman–Crippen LogP) is 0.215. The van der Waals surface area contributed by atoms with Crippen molar-refractivity contribution in [1.29, 1.82) is 0 Å². The van der Waals surface area contributed by atoms with Crippen LogP contribution in [0.2, 0.25) is 0 Å². The second kappa shape index (κ2) is 6.51. The van der Waals surface area contributed by atoms with Crippen LogP contribution in [0.4, 0.5) is 0 Å². The number of hydrogen-bond donors (Lipinski definition) is 2. The van der Waals surface area contributed by atoms with Crippen LogP contribution in [0, 0.1) is 0 Å². The lowest BCUT2D eigenvalue weighted by atomic mass is 10.1. The number of nitrogens with one attached hydrogen (secondary N) is 2. The highest BCUT2D eigenvalue weighted by molar-refractivity contribution is 7.12. The molecule has 0 radical (unpaired) electrons. The van der Waals surface area contributed by atoms with Crippen molar-refractivity contribution in [1.82, 2.24) is 15.5 Å². The Kier molecular flexibility index (Phi) is 4.73. The molecule has 1 fully saturated rings. The number of rotatable bonds is 4. The van der Waals surface area contributed by atoms with Crippen LogP contribution >= 0.6 is 11.3 Å². The molecule has 20 heavy (non-hydrogen) atoms. The van der Waals surface area contributed by atoms with Crippen molar-refractivity contribution in [3.05, 3.63) is 22.4 Å². The van der Waals surface area contributed by atoms with Crippen LogP contribution in [0.3, 0.4) is 0 Å². The third-order valence-electron chi connectivity index (χ3n) is 3.18. The maximum atomic E-state index is 12.1. The fourth-order valence-electron chi connectivity index (χ4n) is 2.17. The van der Waals surface area contributed by atoms with Gasteiger partial charge in [0.25, 0.3) is 5.91 Å². The summed E-state index contributed by atoms with van der Waals surface area (Å²) in [6.45, 7) is 2.72. The highest BCUT2D eigenvalue weighted by Crippen LogP contribution is 2.10. The van der Waals surface area contributed by atoms with E-state index in [1.54, 1.807) is 17.5 Å². The first-order valence-electron chi connectivity index (χ1n) is 6.52. The van der Waals surface area contributed by atoms with E-state index in [0.29, 0.717) is 24.4 Å². The van der Waals surface area contributed by atoms with Crippen molar-refractivity contribution in [2.45, 2.75) is 19.4 Å². The van der Waals surface area contributed by atoms with Crippen molar-refractivity contribution in [3.63, 3.8) is 0 Å². The Balaban J connectivity index is 1.91. The van der Waals surface area contributed by atoms with Crippen molar-refractivity contribution in [2.24, 2.45) is 0 Å². The minimum Gasteiger partial charge on any atom is -0.353 e. The average Bonchev–Trinajstić information content (AvgIpc) is 2.98. The molecule has 2 rings (SSSR count). The molecule has 108 valence electrons. The van der Waals surface area contributed by atoms with Crippen LogP contribution in [-0.4, -0.2) is 48.3 Å². The van der Waals surface area contributed by atoms with Gasteiger partial charge in [-0.1, -0.05) is 13.0 Å². The summed E-state index contributed by atoms with van der Waals surface area (Å²) in [5.41, 5.74) is 0. The first kappa shape index (κ1) is 14.5. The quantitative estimate of drug-likeness (QED) is 0.834. The van der Waals surface area contributed by atoms with Gasteiger partial charge >= 0.3 is 0 Å². The van der Waals surface area contributed by atoms with Gasteiger partial charge in [0.15, 0.2) is 0 Å². The molecule has 1 aromatic heterocycles. The smallest absolute Gasteiger partial charge is 0.261 e. The Morgan fingerprint density at radius 1 is 1.55 bits per heavy atom. The Hall–Kier alpha value is -1.89. The minimum atomic E-state index is -0.435. The summed E-state index contributed by atoms with van der Waals surface area (Å²) >= 11 is 1.32. The molecule has 1 aliphatic heterocycles.